The molecule has 108 valence electrons. The summed E-state index contributed by atoms with van der Waals surface area (Å²) in [4.78, 5) is 23.8. The summed E-state index contributed by atoms with van der Waals surface area (Å²) in [5.41, 5.74) is -1.49. The molecule has 0 bridgehead atoms. The van der Waals surface area contributed by atoms with Crippen molar-refractivity contribution in [2.45, 2.75) is 18.6 Å². The second-order valence-electron chi connectivity index (χ2n) is 4.38. The summed E-state index contributed by atoms with van der Waals surface area (Å²) >= 11 is 0. The number of nitrogens with zero attached hydrogens (tertiary/aromatic N) is 1. The van der Waals surface area contributed by atoms with E-state index in [1.165, 1.54) is 7.05 Å². The molecule has 1 fully saturated rings. The Labute approximate surface area is 111 Å². The van der Waals surface area contributed by atoms with E-state index in [2.05, 4.69) is 5.32 Å². The Bertz CT molecular complexity index is 571. The molecule has 0 spiro atoms. The Morgan fingerprint density at radius 3 is 2.45 bits per heavy atom. The van der Waals surface area contributed by atoms with Gasteiger partial charge in [0.05, 0.1) is 12.0 Å². The van der Waals surface area contributed by atoms with Crippen LogP contribution in [0.2, 0.25) is 0 Å². The van der Waals surface area contributed by atoms with Crippen LogP contribution in [0.15, 0.2) is 18.2 Å². The van der Waals surface area contributed by atoms with Gasteiger partial charge in [-0.2, -0.15) is 13.2 Å². The fraction of sp³-hybridized carbons (Fsp3) is 0.333. The fourth-order valence-corrected chi connectivity index (χ4v) is 1.90. The average molecular weight is 290 g/mol. The van der Waals surface area contributed by atoms with Gasteiger partial charge in [0.25, 0.3) is 5.91 Å². The van der Waals surface area contributed by atoms with Crippen LogP contribution in [0.1, 0.15) is 12.0 Å². The van der Waals surface area contributed by atoms with Crippen LogP contribution in [0.3, 0.4) is 0 Å². The molecule has 2 rings (SSSR count). The van der Waals surface area contributed by atoms with Gasteiger partial charge in [0.1, 0.15) is 11.9 Å². The third kappa shape index (κ3) is 2.59. The monoisotopic (exact) mass is 290 g/mol. The zero-order valence-electron chi connectivity index (χ0n) is 10.3. The molecule has 1 aromatic rings. The Kier molecular flexibility index (Phi) is 3.41. The van der Waals surface area contributed by atoms with Crippen molar-refractivity contribution in [3.05, 3.63) is 29.6 Å². The number of hydrogen-bond donors (Lipinski definition) is 1. The van der Waals surface area contributed by atoms with Crippen LogP contribution in [0.5, 0.6) is 0 Å². The third-order valence-corrected chi connectivity index (χ3v) is 2.99. The van der Waals surface area contributed by atoms with Crippen LogP contribution in [0.25, 0.3) is 0 Å². The topological polar surface area (TPSA) is 49.4 Å². The number of amides is 2. The van der Waals surface area contributed by atoms with Gasteiger partial charge >= 0.3 is 6.18 Å². The summed E-state index contributed by atoms with van der Waals surface area (Å²) in [5, 5.41) is 2.51. The number of likely N-dealkylation sites (N-methyl/N-ethyl adjacent to an activating group) is 1. The first kappa shape index (κ1) is 14.3. The Morgan fingerprint density at radius 2 is 1.95 bits per heavy atom. The number of benzene rings is 1. The minimum absolute atomic E-state index is 0.0693. The molecule has 1 N–H and O–H groups in total. The van der Waals surface area contributed by atoms with E-state index in [-0.39, 0.29) is 12.1 Å². The molecule has 0 aliphatic carbocycles. The number of halogens is 4. The molecule has 1 aliphatic heterocycles. The van der Waals surface area contributed by atoms with E-state index in [9.17, 15) is 27.2 Å². The highest BCUT2D eigenvalue weighted by molar-refractivity contribution is 6.06. The molecule has 1 saturated heterocycles. The number of rotatable bonds is 2. The van der Waals surface area contributed by atoms with Crippen LogP contribution in [0.4, 0.5) is 23.2 Å². The van der Waals surface area contributed by atoms with E-state index in [0.717, 1.165) is 11.0 Å². The summed E-state index contributed by atoms with van der Waals surface area (Å²) in [6.45, 7) is 0. The quantitative estimate of drug-likeness (QED) is 0.669. The summed E-state index contributed by atoms with van der Waals surface area (Å²) < 4.78 is 50.7. The van der Waals surface area contributed by atoms with Gasteiger partial charge in [0, 0.05) is 12.7 Å². The molecule has 2 amide bonds. The van der Waals surface area contributed by atoms with E-state index >= 15 is 0 Å². The second kappa shape index (κ2) is 4.77. The first-order valence-electron chi connectivity index (χ1n) is 5.64. The van der Waals surface area contributed by atoms with Crippen molar-refractivity contribution in [2.24, 2.45) is 0 Å². The molecule has 4 nitrogen and oxygen atoms in total. The Morgan fingerprint density at radius 1 is 1.30 bits per heavy atom. The van der Waals surface area contributed by atoms with Crippen LogP contribution in [0, 0.1) is 5.82 Å². The van der Waals surface area contributed by atoms with E-state index in [1.54, 1.807) is 0 Å². The average Bonchev–Trinajstić information content (AvgIpc) is 2.58. The Hall–Kier alpha value is -2.12. The van der Waals surface area contributed by atoms with E-state index in [0.29, 0.717) is 12.1 Å². The number of alkyl halides is 3. The number of hydrogen-bond acceptors (Lipinski definition) is 3. The van der Waals surface area contributed by atoms with Gasteiger partial charge in [-0.25, -0.2) is 4.39 Å². The number of carbonyl (C=O) groups is 2. The fourth-order valence-electron chi connectivity index (χ4n) is 1.90. The van der Waals surface area contributed by atoms with E-state index < -0.39 is 35.4 Å². The number of nitrogens with one attached hydrogen (secondary N) is 1. The lowest BCUT2D eigenvalue weighted by atomic mass is 10.1. The second-order valence-corrected chi connectivity index (χ2v) is 4.38. The van der Waals surface area contributed by atoms with Gasteiger partial charge in [-0.15, -0.1) is 0 Å². The molecular formula is C12H10F4N2O2. The van der Waals surface area contributed by atoms with Crippen LogP contribution in [-0.4, -0.2) is 29.8 Å². The highest BCUT2D eigenvalue weighted by Crippen LogP contribution is 2.33. The van der Waals surface area contributed by atoms with Crippen molar-refractivity contribution in [2.75, 3.05) is 12.4 Å². The van der Waals surface area contributed by atoms with Crippen molar-refractivity contribution in [1.29, 1.82) is 0 Å². The van der Waals surface area contributed by atoms with Crippen LogP contribution >= 0.6 is 0 Å². The molecule has 1 atom stereocenters. The summed E-state index contributed by atoms with van der Waals surface area (Å²) in [7, 11) is 1.29. The SMILES string of the molecule is CN1C(=O)CC(Nc2ccc(F)c(C(F)(F)F)c2)C1=O. The molecular weight excluding hydrogens is 280 g/mol. The van der Waals surface area contributed by atoms with Crippen LogP contribution < -0.4 is 5.32 Å². The molecule has 1 unspecified atom stereocenters. The van der Waals surface area contributed by atoms with Crippen molar-refractivity contribution in [1.82, 2.24) is 4.90 Å². The van der Waals surface area contributed by atoms with Gasteiger partial charge in [-0.1, -0.05) is 0 Å². The normalized spacial score (nSPS) is 19.6. The van der Waals surface area contributed by atoms with Crippen molar-refractivity contribution >= 4 is 17.5 Å². The highest BCUT2D eigenvalue weighted by Gasteiger charge is 2.37. The maximum Gasteiger partial charge on any atom is 0.419 e. The smallest absolute Gasteiger partial charge is 0.373 e. The Balaban J connectivity index is 2.23. The predicted molar refractivity (Wildman–Crippen MR) is 61.2 cm³/mol. The minimum atomic E-state index is -4.83. The van der Waals surface area contributed by atoms with Crippen molar-refractivity contribution in [3.63, 3.8) is 0 Å². The lowest BCUT2D eigenvalue weighted by molar-refractivity contribution is -0.140. The van der Waals surface area contributed by atoms with Gasteiger partial charge < -0.3 is 5.32 Å². The molecule has 0 aromatic heterocycles. The molecule has 0 radical (unpaired) electrons. The largest absolute Gasteiger partial charge is 0.419 e. The zero-order chi connectivity index (χ0) is 15.1. The van der Waals surface area contributed by atoms with Crippen molar-refractivity contribution in [3.8, 4) is 0 Å². The summed E-state index contributed by atoms with van der Waals surface area (Å²) in [6.07, 6.45) is -4.97. The number of carbonyl (C=O) groups excluding carboxylic acids is 2. The minimum Gasteiger partial charge on any atom is -0.373 e. The van der Waals surface area contributed by atoms with Crippen molar-refractivity contribution < 1.29 is 27.2 Å². The molecule has 0 saturated carbocycles. The highest BCUT2D eigenvalue weighted by atomic mass is 19.4. The van der Waals surface area contributed by atoms with E-state index in [1.807, 2.05) is 0 Å². The lowest BCUT2D eigenvalue weighted by Gasteiger charge is -2.14. The third-order valence-electron chi connectivity index (χ3n) is 2.99. The molecule has 1 heterocycles. The standard InChI is InChI=1S/C12H10F4N2O2/c1-18-10(19)5-9(11(18)20)17-6-2-3-8(13)7(4-6)12(14,15)16/h2-4,9,17H,5H2,1H3. The maximum atomic E-state index is 13.1. The summed E-state index contributed by atoms with van der Waals surface area (Å²) in [6, 6.07) is 1.39. The van der Waals surface area contributed by atoms with Gasteiger partial charge in [-0.3, -0.25) is 14.5 Å². The zero-order valence-corrected chi connectivity index (χ0v) is 10.3. The first-order valence-corrected chi connectivity index (χ1v) is 5.64. The maximum absolute atomic E-state index is 13.1. The van der Waals surface area contributed by atoms with Gasteiger partial charge in [-0.05, 0) is 18.2 Å². The van der Waals surface area contributed by atoms with Gasteiger partial charge in [0.2, 0.25) is 5.91 Å². The molecule has 1 aromatic carbocycles. The molecule has 8 heteroatoms. The molecule has 1 aliphatic rings. The van der Waals surface area contributed by atoms with Crippen LogP contribution in [-0.2, 0) is 15.8 Å². The molecule has 20 heavy (non-hydrogen) atoms. The number of likely N-dealkylation sites (tertiary alicyclic amines) is 1. The first-order chi connectivity index (χ1) is 9.20. The van der Waals surface area contributed by atoms with E-state index in [4.69, 9.17) is 0 Å². The van der Waals surface area contributed by atoms with Gasteiger partial charge in [0.15, 0.2) is 0 Å². The summed E-state index contributed by atoms with van der Waals surface area (Å²) in [5.74, 6) is -2.35. The predicted octanol–water partition coefficient (Wildman–Crippen LogP) is 2.01. The number of imide groups is 1. The number of anilines is 1. The lowest BCUT2D eigenvalue weighted by Crippen LogP contribution is -2.31.